The fourth-order valence-electron chi connectivity index (χ4n) is 2.06. The predicted octanol–water partition coefficient (Wildman–Crippen LogP) is 0.180. The van der Waals surface area contributed by atoms with Gasteiger partial charge < -0.3 is 10.4 Å². The van der Waals surface area contributed by atoms with Crippen LogP contribution in [0.1, 0.15) is 35.8 Å². The van der Waals surface area contributed by atoms with Crippen molar-refractivity contribution in [1.29, 1.82) is 0 Å². The molecule has 0 aliphatic rings. The Morgan fingerprint density at radius 1 is 1.48 bits per heavy atom. The Kier molecular flexibility index (Phi) is 4.36. The Labute approximate surface area is 119 Å². The number of carboxylic acids is 1. The quantitative estimate of drug-likeness (QED) is 0.702. The Bertz CT molecular complexity index is 731. The molecular formula is C13H16N4O4. The molecule has 0 bridgehead atoms. The summed E-state index contributed by atoms with van der Waals surface area (Å²) in [5.74, 6) is -1.92. The van der Waals surface area contributed by atoms with Gasteiger partial charge in [-0.05, 0) is 12.8 Å². The molecule has 0 radical (unpaired) electrons. The molecule has 0 saturated heterocycles. The van der Waals surface area contributed by atoms with E-state index >= 15 is 0 Å². The predicted molar refractivity (Wildman–Crippen MR) is 74.4 cm³/mol. The van der Waals surface area contributed by atoms with Gasteiger partial charge in [-0.1, -0.05) is 13.3 Å². The lowest BCUT2D eigenvalue weighted by Crippen LogP contribution is -2.33. The zero-order valence-electron chi connectivity index (χ0n) is 11.5. The molecule has 0 saturated carbocycles. The van der Waals surface area contributed by atoms with Crippen molar-refractivity contribution in [2.24, 2.45) is 0 Å². The highest BCUT2D eigenvalue weighted by Crippen LogP contribution is 2.09. The van der Waals surface area contributed by atoms with Crippen molar-refractivity contribution in [3.05, 3.63) is 33.9 Å². The lowest BCUT2D eigenvalue weighted by Gasteiger charge is -2.07. The number of hydrogen-bond donors (Lipinski definition) is 3. The molecule has 0 spiro atoms. The van der Waals surface area contributed by atoms with Gasteiger partial charge in [0.15, 0.2) is 11.1 Å². The number of unbranched alkanes of at least 4 members (excludes halogenated alkanes) is 1. The van der Waals surface area contributed by atoms with Gasteiger partial charge in [-0.3, -0.25) is 19.5 Å². The molecule has 112 valence electrons. The summed E-state index contributed by atoms with van der Waals surface area (Å²) in [6.07, 6.45) is 3.96. The molecule has 0 fully saturated rings. The van der Waals surface area contributed by atoms with Crippen LogP contribution in [0.4, 0.5) is 0 Å². The van der Waals surface area contributed by atoms with Gasteiger partial charge in [0, 0.05) is 11.8 Å². The highest BCUT2D eigenvalue weighted by molar-refractivity contribution is 6.00. The molecule has 1 amide bonds. The van der Waals surface area contributed by atoms with Crippen molar-refractivity contribution in [3.63, 3.8) is 0 Å². The van der Waals surface area contributed by atoms with E-state index in [1.807, 2.05) is 6.92 Å². The maximum Gasteiger partial charge on any atom is 0.322 e. The van der Waals surface area contributed by atoms with Gasteiger partial charge in [-0.15, -0.1) is 0 Å². The Hall–Kier alpha value is -2.64. The Morgan fingerprint density at radius 3 is 2.90 bits per heavy atom. The van der Waals surface area contributed by atoms with Crippen LogP contribution in [0, 0.1) is 0 Å². The summed E-state index contributed by atoms with van der Waals surface area (Å²) in [4.78, 5) is 38.6. The maximum absolute atomic E-state index is 12.1. The van der Waals surface area contributed by atoms with Crippen LogP contribution in [0.15, 0.2) is 17.2 Å². The number of H-pyrrole nitrogens is 1. The average molecular weight is 292 g/mol. The third kappa shape index (κ3) is 3.10. The van der Waals surface area contributed by atoms with Crippen molar-refractivity contribution >= 4 is 17.5 Å². The third-order valence-electron chi connectivity index (χ3n) is 3.05. The van der Waals surface area contributed by atoms with Crippen molar-refractivity contribution in [1.82, 2.24) is 19.9 Å². The molecule has 21 heavy (non-hydrogen) atoms. The lowest BCUT2D eigenvalue weighted by atomic mass is 10.1. The van der Waals surface area contributed by atoms with Crippen molar-refractivity contribution in [3.8, 4) is 0 Å². The number of carbonyl (C=O) groups is 2. The molecule has 2 aromatic heterocycles. The molecule has 8 nitrogen and oxygen atoms in total. The first-order chi connectivity index (χ1) is 10.0. The first-order valence-corrected chi connectivity index (χ1v) is 6.62. The van der Waals surface area contributed by atoms with Crippen molar-refractivity contribution in [2.75, 3.05) is 6.54 Å². The van der Waals surface area contributed by atoms with Crippen LogP contribution in [-0.4, -0.2) is 38.1 Å². The van der Waals surface area contributed by atoms with Crippen LogP contribution in [0.2, 0.25) is 0 Å². The summed E-state index contributed by atoms with van der Waals surface area (Å²) in [5, 5.41) is 13.6. The summed E-state index contributed by atoms with van der Waals surface area (Å²) in [5.41, 5.74) is 0.328. The number of rotatable bonds is 6. The Balaban J connectivity index is 2.43. The van der Waals surface area contributed by atoms with Gasteiger partial charge in [-0.2, -0.15) is 0 Å². The van der Waals surface area contributed by atoms with Crippen LogP contribution in [0.5, 0.6) is 0 Å². The number of hydrogen-bond acceptors (Lipinski definition) is 4. The van der Waals surface area contributed by atoms with E-state index in [0.29, 0.717) is 6.42 Å². The third-order valence-corrected chi connectivity index (χ3v) is 3.05. The molecule has 2 heterocycles. The van der Waals surface area contributed by atoms with Crippen LogP contribution in [-0.2, 0) is 11.2 Å². The normalized spacial score (nSPS) is 10.7. The fraction of sp³-hybridized carbons (Fsp3) is 0.385. The number of amides is 1. The fourth-order valence-corrected chi connectivity index (χ4v) is 2.06. The smallest absolute Gasteiger partial charge is 0.322 e. The van der Waals surface area contributed by atoms with Gasteiger partial charge in [0.25, 0.3) is 5.91 Å². The standard InChI is InChI=1S/C13H16N4O4/c1-2-3-4-8-5-9(18)11(12-15-7-16-17(8)12)13(21)14-6-10(19)20/h5,7H,2-4,6H2,1H3,(H,14,21)(H,15,16)(H,19,20). The van der Waals surface area contributed by atoms with Gasteiger partial charge in [0.2, 0.25) is 0 Å². The highest BCUT2D eigenvalue weighted by Gasteiger charge is 2.19. The molecule has 0 aliphatic heterocycles. The number of nitrogens with zero attached hydrogens (tertiary/aromatic N) is 2. The number of nitrogens with one attached hydrogen (secondary N) is 2. The number of carboxylic acid groups (broad SMARTS) is 1. The average Bonchev–Trinajstić information content (AvgIpc) is 2.91. The summed E-state index contributed by atoms with van der Waals surface area (Å²) < 4.78 is 1.58. The molecule has 0 aliphatic carbocycles. The van der Waals surface area contributed by atoms with Crippen molar-refractivity contribution < 1.29 is 14.7 Å². The monoisotopic (exact) mass is 292 g/mol. The van der Waals surface area contributed by atoms with Gasteiger partial charge >= 0.3 is 5.97 Å². The number of pyridine rings is 1. The van der Waals surface area contributed by atoms with Crippen LogP contribution < -0.4 is 10.7 Å². The van der Waals surface area contributed by atoms with Gasteiger partial charge in [-0.25, -0.2) is 9.50 Å². The molecule has 0 unspecified atom stereocenters. The van der Waals surface area contributed by atoms with E-state index in [2.05, 4.69) is 15.4 Å². The van der Waals surface area contributed by atoms with Crippen molar-refractivity contribution in [2.45, 2.75) is 26.2 Å². The van der Waals surface area contributed by atoms with E-state index in [1.165, 1.54) is 12.4 Å². The van der Waals surface area contributed by atoms with E-state index in [0.717, 1.165) is 18.5 Å². The first kappa shape index (κ1) is 14.8. The van der Waals surface area contributed by atoms with Gasteiger partial charge in [0.05, 0.1) is 0 Å². The SMILES string of the molecule is CCCCc1cc(=O)c(C(=O)NCC(=O)O)c2nc[nH]n12. The number of carbonyl (C=O) groups excluding carboxylic acids is 1. The summed E-state index contributed by atoms with van der Waals surface area (Å²) in [7, 11) is 0. The van der Waals surface area contributed by atoms with Crippen LogP contribution in [0.3, 0.4) is 0 Å². The summed E-state index contributed by atoms with van der Waals surface area (Å²) in [6, 6.07) is 1.39. The molecule has 2 aromatic rings. The minimum atomic E-state index is -1.18. The van der Waals surface area contributed by atoms with E-state index in [9.17, 15) is 14.4 Å². The zero-order valence-corrected chi connectivity index (χ0v) is 11.5. The number of aryl methyl sites for hydroxylation is 1. The molecule has 0 aromatic carbocycles. The number of aromatic nitrogens is 3. The van der Waals surface area contributed by atoms with Crippen LogP contribution >= 0.6 is 0 Å². The lowest BCUT2D eigenvalue weighted by molar-refractivity contribution is -0.135. The molecular weight excluding hydrogens is 276 g/mol. The number of fused-ring (bicyclic) bond motifs is 1. The minimum absolute atomic E-state index is 0.155. The molecule has 2 rings (SSSR count). The molecule has 0 atom stereocenters. The number of aliphatic carboxylic acids is 1. The number of aromatic amines is 1. The Morgan fingerprint density at radius 2 is 2.24 bits per heavy atom. The van der Waals surface area contributed by atoms with E-state index < -0.39 is 23.9 Å². The molecule has 8 heteroatoms. The second-order valence-corrected chi connectivity index (χ2v) is 4.60. The van der Waals surface area contributed by atoms with E-state index in [1.54, 1.807) is 4.52 Å². The van der Waals surface area contributed by atoms with Crippen LogP contribution in [0.25, 0.3) is 5.65 Å². The maximum atomic E-state index is 12.1. The van der Waals surface area contributed by atoms with Gasteiger partial charge in [0.1, 0.15) is 18.4 Å². The first-order valence-electron chi connectivity index (χ1n) is 6.62. The van der Waals surface area contributed by atoms with E-state index in [-0.39, 0.29) is 11.2 Å². The second-order valence-electron chi connectivity index (χ2n) is 4.60. The topological polar surface area (TPSA) is 117 Å². The largest absolute Gasteiger partial charge is 0.480 e. The zero-order chi connectivity index (χ0) is 15.4. The minimum Gasteiger partial charge on any atom is -0.480 e. The highest BCUT2D eigenvalue weighted by atomic mass is 16.4. The molecule has 3 N–H and O–H groups in total. The van der Waals surface area contributed by atoms with E-state index in [4.69, 9.17) is 5.11 Å². The summed E-state index contributed by atoms with van der Waals surface area (Å²) >= 11 is 0. The second kappa shape index (κ2) is 6.21. The summed E-state index contributed by atoms with van der Waals surface area (Å²) in [6.45, 7) is 1.49.